The van der Waals surface area contributed by atoms with Gasteiger partial charge in [-0.1, -0.05) is 30.4 Å². The average Bonchev–Trinajstić information content (AvgIpc) is 2.78. The second-order valence-corrected chi connectivity index (χ2v) is 6.42. The molecule has 0 radical (unpaired) electrons. The number of nitrogens with zero attached hydrogens (tertiary/aromatic N) is 1. The predicted octanol–water partition coefficient (Wildman–Crippen LogP) is 2.91. The number of amides is 1. The smallest absolute Gasteiger partial charge is 0.410 e. The maximum absolute atomic E-state index is 11.8. The Morgan fingerprint density at radius 2 is 2.19 bits per heavy atom. The standard InChI is InChI=1S/C17H21NO3/c1-11-14-6-4-5-12(7-8-17(2,3)20)15(14)9-13-10-21-16(19)18(11)13/h4-8,11,13,20H,9-10H2,1-3H3/b8-7+/t11-,13+/m0/s1. The van der Waals surface area contributed by atoms with Crippen molar-refractivity contribution in [2.45, 2.75) is 44.9 Å². The number of benzene rings is 1. The highest BCUT2D eigenvalue weighted by molar-refractivity contribution is 5.72. The van der Waals surface area contributed by atoms with Crippen molar-refractivity contribution in [3.05, 3.63) is 41.0 Å². The highest BCUT2D eigenvalue weighted by Crippen LogP contribution is 2.37. The second-order valence-electron chi connectivity index (χ2n) is 6.42. The Kier molecular flexibility index (Phi) is 3.29. The normalized spacial score (nSPS) is 25.0. The Balaban J connectivity index is 2.00. The van der Waals surface area contributed by atoms with Crippen LogP contribution >= 0.6 is 0 Å². The van der Waals surface area contributed by atoms with Gasteiger partial charge in [0.25, 0.3) is 0 Å². The first-order valence-electron chi connectivity index (χ1n) is 7.35. The van der Waals surface area contributed by atoms with Gasteiger partial charge in [0.15, 0.2) is 0 Å². The molecule has 2 aliphatic rings. The minimum absolute atomic E-state index is 0.0317. The Bertz CT molecular complexity index is 601. The van der Waals surface area contributed by atoms with E-state index in [9.17, 15) is 9.90 Å². The number of aliphatic hydroxyl groups is 1. The van der Waals surface area contributed by atoms with Gasteiger partial charge in [-0.05, 0) is 43.9 Å². The number of hydrogen-bond donors (Lipinski definition) is 1. The third kappa shape index (κ3) is 2.56. The van der Waals surface area contributed by atoms with Crippen molar-refractivity contribution in [2.24, 2.45) is 0 Å². The van der Waals surface area contributed by atoms with Gasteiger partial charge in [-0.15, -0.1) is 0 Å². The lowest BCUT2D eigenvalue weighted by atomic mass is 9.86. The largest absolute Gasteiger partial charge is 0.447 e. The fourth-order valence-electron chi connectivity index (χ4n) is 3.19. The van der Waals surface area contributed by atoms with Gasteiger partial charge in [-0.3, -0.25) is 4.90 Å². The van der Waals surface area contributed by atoms with Gasteiger partial charge in [0.05, 0.1) is 17.7 Å². The molecule has 4 heteroatoms. The number of hydrogen-bond acceptors (Lipinski definition) is 3. The summed E-state index contributed by atoms with van der Waals surface area (Å²) in [6.07, 6.45) is 4.36. The molecule has 0 saturated carbocycles. The molecule has 2 heterocycles. The minimum atomic E-state index is -0.832. The zero-order valence-electron chi connectivity index (χ0n) is 12.7. The fraction of sp³-hybridized carbons (Fsp3) is 0.471. The predicted molar refractivity (Wildman–Crippen MR) is 80.9 cm³/mol. The lowest BCUT2D eigenvalue weighted by Gasteiger charge is -2.35. The van der Waals surface area contributed by atoms with Crippen molar-refractivity contribution in [3.8, 4) is 0 Å². The van der Waals surface area contributed by atoms with Crippen LogP contribution in [0, 0.1) is 0 Å². The molecule has 0 unspecified atom stereocenters. The van der Waals surface area contributed by atoms with Crippen molar-refractivity contribution in [1.29, 1.82) is 0 Å². The molecule has 21 heavy (non-hydrogen) atoms. The molecule has 0 aliphatic carbocycles. The number of ether oxygens (including phenoxy) is 1. The van der Waals surface area contributed by atoms with Crippen LogP contribution in [-0.2, 0) is 11.2 Å². The van der Waals surface area contributed by atoms with Gasteiger partial charge in [0, 0.05) is 0 Å². The zero-order chi connectivity index (χ0) is 15.2. The highest BCUT2D eigenvalue weighted by Gasteiger charge is 2.41. The summed E-state index contributed by atoms with van der Waals surface area (Å²) in [6.45, 7) is 6.02. The van der Waals surface area contributed by atoms with E-state index in [2.05, 4.69) is 12.1 Å². The molecule has 0 spiro atoms. The number of rotatable bonds is 2. The van der Waals surface area contributed by atoms with E-state index in [1.54, 1.807) is 19.9 Å². The SMILES string of the molecule is C[C@H]1c2cccc(/C=C/C(C)(C)O)c2C[C@@H]2COC(=O)N21. The molecule has 4 nitrogen and oxygen atoms in total. The minimum Gasteiger partial charge on any atom is -0.447 e. The maximum atomic E-state index is 11.8. The van der Waals surface area contributed by atoms with E-state index in [1.165, 1.54) is 11.1 Å². The molecule has 0 bridgehead atoms. The van der Waals surface area contributed by atoms with Crippen LogP contribution in [-0.4, -0.2) is 34.3 Å². The Morgan fingerprint density at radius 1 is 1.43 bits per heavy atom. The van der Waals surface area contributed by atoms with E-state index in [0.717, 1.165) is 12.0 Å². The van der Waals surface area contributed by atoms with Crippen LogP contribution in [0.3, 0.4) is 0 Å². The number of cyclic esters (lactones) is 1. The summed E-state index contributed by atoms with van der Waals surface area (Å²) in [4.78, 5) is 13.7. The monoisotopic (exact) mass is 287 g/mol. The molecular weight excluding hydrogens is 266 g/mol. The van der Waals surface area contributed by atoms with Gasteiger partial charge in [0.1, 0.15) is 6.61 Å². The van der Waals surface area contributed by atoms with Crippen LogP contribution in [0.4, 0.5) is 4.79 Å². The molecule has 3 rings (SSSR count). The van der Waals surface area contributed by atoms with Crippen LogP contribution in [0.1, 0.15) is 43.5 Å². The molecule has 1 aromatic rings. The first-order valence-corrected chi connectivity index (χ1v) is 7.35. The number of carbonyl (C=O) groups is 1. The third-order valence-electron chi connectivity index (χ3n) is 4.23. The Morgan fingerprint density at radius 3 is 2.90 bits per heavy atom. The molecule has 112 valence electrons. The zero-order valence-corrected chi connectivity index (χ0v) is 12.7. The summed E-state index contributed by atoms with van der Waals surface area (Å²) < 4.78 is 5.18. The lowest BCUT2D eigenvalue weighted by Crippen LogP contribution is -2.41. The first kappa shape index (κ1) is 14.1. The van der Waals surface area contributed by atoms with E-state index in [1.807, 2.05) is 24.0 Å². The van der Waals surface area contributed by atoms with Crippen LogP contribution in [0.15, 0.2) is 24.3 Å². The van der Waals surface area contributed by atoms with Gasteiger partial charge in [-0.2, -0.15) is 0 Å². The van der Waals surface area contributed by atoms with Crippen molar-refractivity contribution in [1.82, 2.24) is 4.90 Å². The van der Waals surface area contributed by atoms with Crippen LogP contribution in [0.25, 0.3) is 6.08 Å². The average molecular weight is 287 g/mol. The van der Waals surface area contributed by atoms with Crippen molar-refractivity contribution < 1.29 is 14.6 Å². The molecule has 1 saturated heterocycles. The van der Waals surface area contributed by atoms with E-state index in [4.69, 9.17) is 4.74 Å². The molecular formula is C17H21NO3. The third-order valence-corrected chi connectivity index (χ3v) is 4.23. The summed E-state index contributed by atoms with van der Waals surface area (Å²) in [5.74, 6) is 0. The summed E-state index contributed by atoms with van der Waals surface area (Å²) >= 11 is 0. The molecule has 1 fully saturated rings. The number of fused-ring (bicyclic) bond motifs is 2. The first-order chi connectivity index (χ1) is 9.87. The van der Waals surface area contributed by atoms with Gasteiger partial charge < -0.3 is 9.84 Å². The second kappa shape index (κ2) is 4.88. The molecule has 0 aromatic heterocycles. The molecule has 2 atom stereocenters. The van der Waals surface area contributed by atoms with E-state index in [-0.39, 0.29) is 18.2 Å². The lowest BCUT2D eigenvalue weighted by molar-refractivity contribution is 0.134. The van der Waals surface area contributed by atoms with E-state index < -0.39 is 5.60 Å². The molecule has 2 aliphatic heterocycles. The van der Waals surface area contributed by atoms with E-state index >= 15 is 0 Å². The van der Waals surface area contributed by atoms with Crippen LogP contribution in [0.5, 0.6) is 0 Å². The summed E-state index contributed by atoms with van der Waals surface area (Å²) in [5, 5.41) is 9.86. The summed E-state index contributed by atoms with van der Waals surface area (Å²) in [5.41, 5.74) is 2.70. The molecule has 1 aromatic carbocycles. The van der Waals surface area contributed by atoms with Crippen molar-refractivity contribution in [2.75, 3.05) is 6.61 Å². The van der Waals surface area contributed by atoms with Gasteiger partial charge in [0.2, 0.25) is 0 Å². The topological polar surface area (TPSA) is 49.8 Å². The van der Waals surface area contributed by atoms with Gasteiger partial charge in [-0.25, -0.2) is 4.79 Å². The maximum Gasteiger partial charge on any atom is 0.410 e. The van der Waals surface area contributed by atoms with Crippen molar-refractivity contribution >= 4 is 12.2 Å². The Hall–Kier alpha value is -1.81. The summed E-state index contributed by atoms with van der Waals surface area (Å²) in [6, 6.07) is 6.28. The number of carbonyl (C=O) groups excluding carboxylic acids is 1. The highest BCUT2D eigenvalue weighted by atomic mass is 16.6. The quantitative estimate of drug-likeness (QED) is 0.910. The van der Waals surface area contributed by atoms with Crippen molar-refractivity contribution in [3.63, 3.8) is 0 Å². The van der Waals surface area contributed by atoms with Crippen LogP contribution < -0.4 is 0 Å². The van der Waals surface area contributed by atoms with Crippen LogP contribution in [0.2, 0.25) is 0 Å². The Labute approximate surface area is 125 Å². The molecule has 1 N–H and O–H groups in total. The fourth-order valence-corrected chi connectivity index (χ4v) is 3.19. The summed E-state index contributed by atoms with van der Waals surface area (Å²) in [7, 11) is 0. The van der Waals surface area contributed by atoms with Gasteiger partial charge >= 0.3 is 6.09 Å². The van der Waals surface area contributed by atoms with E-state index in [0.29, 0.717) is 6.61 Å². The molecule has 1 amide bonds.